The number of aromatic nitrogens is 1. The second-order valence-electron chi connectivity index (χ2n) is 4.20. The van der Waals surface area contributed by atoms with Gasteiger partial charge < -0.3 is 15.1 Å². The van der Waals surface area contributed by atoms with Crippen LogP contribution >= 0.6 is 0 Å². The van der Waals surface area contributed by atoms with E-state index in [1.54, 1.807) is 42.8 Å². The zero-order valence-corrected chi connectivity index (χ0v) is 11.2. The van der Waals surface area contributed by atoms with Crippen LogP contribution in [0.5, 0.6) is 0 Å². The predicted octanol–water partition coefficient (Wildman–Crippen LogP) is 1.26. The molecule has 2 N–H and O–H groups in total. The van der Waals surface area contributed by atoms with E-state index in [0.29, 0.717) is 17.8 Å². The first kappa shape index (κ1) is 13.8. The van der Waals surface area contributed by atoms with E-state index >= 15 is 0 Å². The second-order valence-corrected chi connectivity index (χ2v) is 4.20. The Bertz CT molecular complexity index is 639. The molecule has 0 aliphatic heterocycles. The highest BCUT2D eigenvalue weighted by molar-refractivity contribution is 5.94. The Labute approximate surface area is 117 Å². The molecule has 0 aromatic carbocycles. The van der Waals surface area contributed by atoms with Crippen molar-refractivity contribution in [3.05, 3.63) is 53.7 Å². The fraction of sp³-hybridized carbons (Fsp3) is 0.200. The quantitative estimate of drug-likeness (QED) is 0.851. The lowest BCUT2D eigenvalue weighted by molar-refractivity contribution is 0.0779. The van der Waals surface area contributed by atoms with Crippen LogP contribution in [0.1, 0.15) is 21.6 Å². The maximum Gasteiger partial charge on any atom is 0.273 e. The minimum atomic E-state index is -0.187. The molecular weight excluding hydrogens is 254 g/mol. The molecule has 0 fully saturated rings. The molecule has 2 heterocycles. The number of hydrogen-bond acceptors (Lipinski definition) is 4. The van der Waals surface area contributed by atoms with E-state index < -0.39 is 0 Å². The number of carbonyl (C=O) groups excluding carboxylic acids is 1. The monoisotopic (exact) mass is 269 g/mol. The van der Waals surface area contributed by atoms with Gasteiger partial charge in [-0.2, -0.15) is 0 Å². The summed E-state index contributed by atoms with van der Waals surface area (Å²) in [6.07, 6.45) is 4.76. The van der Waals surface area contributed by atoms with Gasteiger partial charge >= 0.3 is 0 Å². The van der Waals surface area contributed by atoms with E-state index in [-0.39, 0.29) is 12.5 Å². The first-order valence-electron chi connectivity index (χ1n) is 6.13. The molecule has 0 saturated heterocycles. The Morgan fingerprint density at radius 2 is 2.35 bits per heavy atom. The van der Waals surface area contributed by atoms with Gasteiger partial charge in [0.25, 0.3) is 5.91 Å². The van der Waals surface area contributed by atoms with Crippen molar-refractivity contribution in [2.24, 2.45) is 5.73 Å². The van der Waals surface area contributed by atoms with Crippen molar-refractivity contribution in [1.29, 1.82) is 0 Å². The van der Waals surface area contributed by atoms with E-state index in [1.807, 2.05) is 6.07 Å². The highest BCUT2D eigenvalue weighted by Gasteiger charge is 2.16. The summed E-state index contributed by atoms with van der Waals surface area (Å²) in [6.45, 7) is 0.697. The van der Waals surface area contributed by atoms with E-state index in [0.717, 1.165) is 5.56 Å². The number of amides is 1. The average Bonchev–Trinajstić information content (AvgIpc) is 2.97. The topological polar surface area (TPSA) is 72.4 Å². The summed E-state index contributed by atoms with van der Waals surface area (Å²) >= 11 is 0. The molecular formula is C15H15N3O2. The van der Waals surface area contributed by atoms with E-state index in [9.17, 15) is 4.79 Å². The SMILES string of the molecule is CN(Cc1ccoc1)C(=O)c1ncccc1C#CCN. The molecule has 5 nitrogen and oxygen atoms in total. The van der Waals surface area contributed by atoms with Crippen LogP contribution in [0.15, 0.2) is 41.3 Å². The molecule has 102 valence electrons. The Hall–Kier alpha value is -2.58. The van der Waals surface area contributed by atoms with Crippen LogP contribution in [0.2, 0.25) is 0 Å². The van der Waals surface area contributed by atoms with E-state index in [2.05, 4.69) is 16.8 Å². The van der Waals surface area contributed by atoms with Gasteiger partial charge in [-0.1, -0.05) is 11.8 Å². The lowest BCUT2D eigenvalue weighted by Crippen LogP contribution is -2.27. The molecule has 1 amide bonds. The van der Waals surface area contributed by atoms with Gasteiger partial charge in [-0.15, -0.1) is 0 Å². The molecule has 2 aromatic rings. The molecule has 0 bridgehead atoms. The highest BCUT2D eigenvalue weighted by atomic mass is 16.3. The molecule has 0 atom stereocenters. The smallest absolute Gasteiger partial charge is 0.273 e. The van der Waals surface area contributed by atoms with Gasteiger partial charge in [-0.3, -0.25) is 4.79 Å². The van der Waals surface area contributed by atoms with Gasteiger partial charge in [0.1, 0.15) is 5.69 Å². The van der Waals surface area contributed by atoms with Crippen LogP contribution in [0.4, 0.5) is 0 Å². The zero-order valence-electron chi connectivity index (χ0n) is 11.2. The summed E-state index contributed by atoms with van der Waals surface area (Å²) in [5.74, 6) is 5.41. The number of pyridine rings is 1. The van der Waals surface area contributed by atoms with Crippen LogP contribution in [-0.2, 0) is 6.54 Å². The first-order chi connectivity index (χ1) is 9.72. The van der Waals surface area contributed by atoms with Crippen molar-refractivity contribution in [2.75, 3.05) is 13.6 Å². The van der Waals surface area contributed by atoms with Crippen LogP contribution in [0.3, 0.4) is 0 Å². The largest absolute Gasteiger partial charge is 0.472 e. The molecule has 0 radical (unpaired) electrons. The third-order valence-electron chi connectivity index (χ3n) is 2.68. The summed E-state index contributed by atoms with van der Waals surface area (Å²) in [6, 6.07) is 5.32. The van der Waals surface area contributed by atoms with E-state index in [1.165, 1.54) is 0 Å². The number of nitrogens with zero attached hydrogens (tertiary/aromatic N) is 2. The molecule has 0 aliphatic rings. The summed E-state index contributed by atoms with van der Waals surface area (Å²) in [4.78, 5) is 18.1. The van der Waals surface area contributed by atoms with Gasteiger partial charge in [0.2, 0.25) is 0 Å². The lowest BCUT2D eigenvalue weighted by Gasteiger charge is -2.16. The van der Waals surface area contributed by atoms with Crippen LogP contribution in [0, 0.1) is 11.8 Å². The van der Waals surface area contributed by atoms with Crippen molar-refractivity contribution in [3.63, 3.8) is 0 Å². The Morgan fingerprint density at radius 1 is 1.50 bits per heavy atom. The minimum Gasteiger partial charge on any atom is -0.472 e. The van der Waals surface area contributed by atoms with Gasteiger partial charge in [0.15, 0.2) is 0 Å². The number of hydrogen-bond donors (Lipinski definition) is 1. The Morgan fingerprint density at radius 3 is 3.05 bits per heavy atom. The average molecular weight is 269 g/mol. The van der Waals surface area contributed by atoms with Crippen molar-refractivity contribution in [1.82, 2.24) is 9.88 Å². The van der Waals surface area contributed by atoms with Crippen LogP contribution in [-0.4, -0.2) is 29.4 Å². The van der Waals surface area contributed by atoms with E-state index in [4.69, 9.17) is 10.2 Å². The standard InChI is InChI=1S/C15H15N3O2/c1-18(10-12-6-9-20-11-12)15(19)14-13(4-2-7-16)5-3-8-17-14/h3,5-6,8-9,11H,7,10,16H2,1H3. The second kappa shape index (κ2) is 6.55. The molecule has 0 spiro atoms. The van der Waals surface area contributed by atoms with Crippen molar-refractivity contribution in [3.8, 4) is 11.8 Å². The molecule has 5 heteroatoms. The Kier molecular flexibility index (Phi) is 4.53. The number of furan rings is 1. The predicted molar refractivity (Wildman–Crippen MR) is 74.7 cm³/mol. The van der Waals surface area contributed by atoms with Gasteiger partial charge in [0, 0.05) is 25.4 Å². The van der Waals surface area contributed by atoms with Gasteiger partial charge in [-0.25, -0.2) is 4.98 Å². The van der Waals surface area contributed by atoms with Crippen molar-refractivity contribution in [2.45, 2.75) is 6.54 Å². The molecule has 2 aromatic heterocycles. The third-order valence-corrected chi connectivity index (χ3v) is 2.68. The van der Waals surface area contributed by atoms with Gasteiger partial charge in [0.05, 0.1) is 24.6 Å². The summed E-state index contributed by atoms with van der Waals surface area (Å²) < 4.78 is 4.99. The third kappa shape index (κ3) is 3.25. The minimum absolute atomic E-state index is 0.187. The fourth-order valence-electron chi connectivity index (χ4n) is 1.73. The summed E-state index contributed by atoms with van der Waals surface area (Å²) in [7, 11) is 1.71. The first-order valence-corrected chi connectivity index (χ1v) is 6.13. The van der Waals surface area contributed by atoms with Gasteiger partial charge in [-0.05, 0) is 18.2 Å². The molecule has 2 rings (SSSR count). The maximum absolute atomic E-state index is 12.4. The summed E-state index contributed by atoms with van der Waals surface area (Å²) in [5.41, 5.74) is 7.19. The number of rotatable bonds is 3. The highest BCUT2D eigenvalue weighted by Crippen LogP contribution is 2.10. The Balaban J connectivity index is 2.20. The molecule has 0 aliphatic carbocycles. The lowest BCUT2D eigenvalue weighted by atomic mass is 10.1. The summed E-state index contributed by atoms with van der Waals surface area (Å²) in [5, 5.41) is 0. The number of nitrogens with two attached hydrogens (primary N) is 1. The van der Waals surface area contributed by atoms with Crippen molar-refractivity contribution >= 4 is 5.91 Å². The van der Waals surface area contributed by atoms with Crippen LogP contribution < -0.4 is 5.73 Å². The number of carbonyl (C=O) groups is 1. The fourth-order valence-corrected chi connectivity index (χ4v) is 1.73. The van der Waals surface area contributed by atoms with Crippen LogP contribution in [0.25, 0.3) is 0 Å². The normalized spacial score (nSPS) is 9.70. The van der Waals surface area contributed by atoms with Crippen molar-refractivity contribution < 1.29 is 9.21 Å². The molecule has 20 heavy (non-hydrogen) atoms. The molecule has 0 saturated carbocycles. The zero-order chi connectivity index (χ0) is 14.4. The maximum atomic E-state index is 12.4. The molecule has 0 unspecified atom stereocenters.